The van der Waals surface area contributed by atoms with Crippen molar-refractivity contribution in [3.63, 3.8) is 0 Å². The molecule has 0 fully saturated rings. The molecule has 0 saturated heterocycles. The molecule has 1 aromatic carbocycles. The van der Waals surface area contributed by atoms with Crippen LogP contribution in [-0.4, -0.2) is 26.7 Å². The molecule has 1 aromatic rings. The number of nitriles is 1. The van der Waals surface area contributed by atoms with E-state index in [1.54, 1.807) is 6.92 Å². The van der Waals surface area contributed by atoms with Crippen LogP contribution in [-0.2, 0) is 19.6 Å². The minimum atomic E-state index is -3.89. The minimum absolute atomic E-state index is 0.103. The molecule has 0 spiro atoms. The largest absolute Gasteiger partial charge is 0.465 e. The van der Waals surface area contributed by atoms with E-state index in [-0.39, 0.29) is 18.0 Å². The summed E-state index contributed by atoms with van der Waals surface area (Å²) in [4.78, 5) is 11.1. The summed E-state index contributed by atoms with van der Waals surface area (Å²) >= 11 is 0. The Kier molecular flexibility index (Phi) is 4.72. The number of nitrogens with two attached hydrogens (primary N) is 1. The Morgan fingerprint density at radius 1 is 1.53 bits per heavy atom. The van der Waals surface area contributed by atoms with Crippen LogP contribution < -0.4 is 10.5 Å². The number of anilines is 2. The van der Waals surface area contributed by atoms with Crippen LogP contribution in [0.25, 0.3) is 0 Å². The first-order valence-electron chi connectivity index (χ1n) is 5.33. The summed E-state index contributed by atoms with van der Waals surface area (Å²) in [5.74, 6) is -1.64. The number of hydrogen-bond donors (Lipinski definition) is 2. The first kappa shape index (κ1) is 14.8. The highest BCUT2D eigenvalue weighted by Gasteiger charge is 2.18. The summed E-state index contributed by atoms with van der Waals surface area (Å²) in [5, 5.41) is 8.66. The quantitative estimate of drug-likeness (QED) is 0.597. The first-order valence-corrected chi connectivity index (χ1v) is 6.99. The van der Waals surface area contributed by atoms with Gasteiger partial charge < -0.3 is 10.5 Å². The van der Waals surface area contributed by atoms with Crippen LogP contribution in [0.3, 0.4) is 0 Å². The molecule has 102 valence electrons. The van der Waals surface area contributed by atoms with Gasteiger partial charge in [-0.1, -0.05) is 0 Å². The predicted molar refractivity (Wildman–Crippen MR) is 69.6 cm³/mol. The highest BCUT2D eigenvalue weighted by atomic mass is 32.2. The molecule has 0 aliphatic carbocycles. The third-order valence-corrected chi connectivity index (χ3v) is 3.21. The number of rotatable bonds is 5. The lowest BCUT2D eigenvalue weighted by Gasteiger charge is -2.09. The van der Waals surface area contributed by atoms with E-state index >= 15 is 0 Å². The van der Waals surface area contributed by atoms with Crippen molar-refractivity contribution in [3.05, 3.63) is 23.8 Å². The zero-order chi connectivity index (χ0) is 14.5. The molecule has 19 heavy (non-hydrogen) atoms. The molecule has 0 aliphatic heterocycles. The fourth-order valence-electron chi connectivity index (χ4n) is 1.29. The molecule has 0 unspecified atom stereocenters. The van der Waals surface area contributed by atoms with Crippen LogP contribution in [0.2, 0.25) is 0 Å². The van der Waals surface area contributed by atoms with Crippen LogP contribution in [0.5, 0.6) is 0 Å². The van der Waals surface area contributed by atoms with Gasteiger partial charge in [0.1, 0.15) is 0 Å². The van der Waals surface area contributed by atoms with Gasteiger partial charge in [-0.15, -0.1) is 0 Å². The van der Waals surface area contributed by atoms with Crippen molar-refractivity contribution in [1.29, 1.82) is 5.26 Å². The fourth-order valence-corrected chi connectivity index (χ4v) is 2.27. The lowest BCUT2D eigenvalue weighted by Crippen LogP contribution is -2.24. The average Bonchev–Trinajstić information content (AvgIpc) is 2.31. The normalized spacial score (nSPS) is 10.5. The van der Waals surface area contributed by atoms with Crippen molar-refractivity contribution < 1.29 is 17.9 Å². The van der Waals surface area contributed by atoms with E-state index in [1.807, 2.05) is 6.07 Å². The van der Waals surface area contributed by atoms with E-state index in [4.69, 9.17) is 11.0 Å². The molecule has 7 nitrogen and oxygen atoms in total. The topological polar surface area (TPSA) is 122 Å². The summed E-state index contributed by atoms with van der Waals surface area (Å²) in [6, 6.07) is 5.98. The van der Waals surface area contributed by atoms with E-state index in [9.17, 15) is 13.2 Å². The molecule has 1 rings (SSSR count). The zero-order valence-electron chi connectivity index (χ0n) is 10.2. The van der Waals surface area contributed by atoms with Crippen molar-refractivity contribution in [3.8, 4) is 6.07 Å². The van der Waals surface area contributed by atoms with Gasteiger partial charge in [-0.2, -0.15) is 5.26 Å². The molecule has 0 saturated carbocycles. The van der Waals surface area contributed by atoms with E-state index in [2.05, 4.69) is 9.46 Å². The zero-order valence-corrected chi connectivity index (χ0v) is 11.0. The monoisotopic (exact) mass is 283 g/mol. The third-order valence-electron chi connectivity index (χ3n) is 2.06. The van der Waals surface area contributed by atoms with Crippen molar-refractivity contribution >= 4 is 27.4 Å². The van der Waals surface area contributed by atoms with Crippen molar-refractivity contribution in [1.82, 2.24) is 0 Å². The van der Waals surface area contributed by atoms with Crippen LogP contribution in [0.1, 0.15) is 12.5 Å². The molecule has 0 amide bonds. The van der Waals surface area contributed by atoms with Crippen LogP contribution >= 0.6 is 0 Å². The van der Waals surface area contributed by atoms with Gasteiger partial charge in [0.25, 0.3) is 0 Å². The van der Waals surface area contributed by atoms with Gasteiger partial charge in [0.15, 0.2) is 5.75 Å². The van der Waals surface area contributed by atoms with Crippen LogP contribution in [0.15, 0.2) is 18.2 Å². The van der Waals surface area contributed by atoms with Gasteiger partial charge in [0.2, 0.25) is 10.0 Å². The number of ether oxygens (including phenoxy) is 1. The Bertz CT molecular complexity index is 619. The van der Waals surface area contributed by atoms with Crippen molar-refractivity contribution in [2.24, 2.45) is 0 Å². The molecule has 0 aromatic heterocycles. The Morgan fingerprint density at radius 3 is 2.74 bits per heavy atom. The Morgan fingerprint density at radius 2 is 2.21 bits per heavy atom. The average molecular weight is 283 g/mol. The number of benzene rings is 1. The number of hydrogen-bond acceptors (Lipinski definition) is 6. The second kappa shape index (κ2) is 6.06. The number of nitrogen functional groups attached to an aromatic ring is 1. The number of esters is 1. The number of sulfonamides is 1. The van der Waals surface area contributed by atoms with Gasteiger partial charge in [-0.25, -0.2) is 8.42 Å². The molecule has 0 heterocycles. The highest BCUT2D eigenvalue weighted by molar-refractivity contribution is 7.93. The van der Waals surface area contributed by atoms with Gasteiger partial charge in [0.05, 0.1) is 29.6 Å². The second-order valence-electron chi connectivity index (χ2n) is 3.58. The molecule has 0 radical (unpaired) electrons. The first-order chi connectivity index (χ1) is 8.88. The molecule has 8 heteroatoms. The second-order valence-corrected chi connectivity index (χ2v) is 5.30. The lowest BCUT2D eigenvalue weighted by molar-refractivity contribution is -0.139. The summed E-state index contributed by atoms with van der Waals surface area (Å²) in [5.41, 5.74) is 6.13. The smallest absolute Gasteiger partial charge is 0.323 e. The highest BCUT2D eigenvalue weighted by Crippen LogP contribution is 2.20. The standard InChI is InChI=1S/C11H13N3O4S/c1-2-18-11(15)7-19(16,17)14-10-4-3-8(6-12)5-9(10)13/h3-5,14H,2,7,13H2,1H3. The summed E-state index contributed by atoms with van der Waals surface area (Å²) in [6.45, 7) is 1.68. The van der Waals surface area contributed by atoms with Crippen LogP contribution in [0.4, 0.5) is 11.4 Å². The fraction of sp³-hybridized carbons (Fsp3) is 0.273. The van der Waals surface area contributed by atoms with Gasteiger partial charge >= 0.3 is 5.97 Å². The van der Waals surface area contributed by atoms with Crippen LogP contribution in [0, 0.1) is 11.3 Å². The molecule has 0 aliphatic rings. The van der Waals surface area contributed by atoms with Crippen molar-refractivity contribution in [2.75, 3.05) is 22.8 Å². The van der Waals surface area contributed by atoms with Gasteiger partial charge in [-0.3, -0.25) is 9.52 Å². The molecular formula is C11H13N3O4S. The van der Waals surface area contributed by atoms with E-state index in [0.29, 0.717) is 5.56 Å². The number of carbonyl (C=O) groups excluding carboxylic acids is 1. The third kappa shape index (κ3) is 4.48. The summed E-state index contributed by atoms with van der Waals surface area (Å²) < 4.78 is 30.0. The number of nitrogens with zero attached hydrogens (tertiary/aromatic N) is 1. The maximum Gasteiger partial charge on any atom is 0.323 e. The Hall–Kier alpha value is -2.27. The molecule has 0 bridgehead atoms. The van der Waals surface area contributed by atoms with E-state index < -0.39 is 21.7 Å². The molecular weight excluding hydrogens is 270 g/mol. The Labute approximate surface area is 111 Å². The summed E-state index contributed by atoms with van der Waals surface area (Å²) in [7, 11) is -3.89. The summed E-state index contributed by atoms with van der Waals surface area (Å²) in [6.07, 6.45) is 0. The van der Waals surface area contributed by atoms with E-state index in [0.717, 1.165) is 0 Å². The minimum Gasteiger partial charge on any atom is -0.465 e. The predicted octanol–water partition coefficient (Wildman–Crippen LogP) is 0.445. The van der Waals surface area contributed by atoms with Gasteiger partial charge in [0, 0.05) is 0 Å². The maximum absolute atomic E-state index is 11.7. The lowest BCUT2D eigenvalue weighted by atomic mass is 10.2. The molecule has 3 N–H and O–H groups in total. The molecule has 0 atom stereocenters. The van der Waals surface area contributed by atoms with Crippen molar-refractivity contribution in [2.45, 2.75) is 6.92 Å². The van der Waals surface area contributed by atoms with Gasteiger partial charge in [-0.05, 0) is 25.1 Å². The maximum atomic E-state index is 11.7. The van der Waals surface area contributed by atoms with E-state index in [1.165, 1.54) is 18.2 Å². The number of nitrogens with one attached hydrogen (secondary N) is 1. The number of carbonyl (C=O) groups is 1. The SMILES string of the molecule is CCOC(=O)CS(=O)(=O)Nc1ccc(C#N)cc1N. The Balaban J connectivity index is 2.84.